The Hall–Kier alpha value is -3.23. The number of hydrogen-bond donors (Lipinski definition) is 4. The van der Waals surface area contributed by atoms with Gasteiger partial charge in [0.15, 0.2) is 0 Å². The first-order valence-electron chi connectivity index (χ1n) is 8.48. The Morgan fingerprint density at radius 2 is 1.84 bits per heavy atom. The molecule has 0 atom stereocenters. The highest BCUT2D eigenvalue weighted by atomic mass is 79.9. The molecule has 0 spiro atoms. The number of halogens is 1. The molecule has 0 bridgehead atoms. The highest BCUT2D eigenvalue weighted by Crippen LogP contribution is 2.30. The summed E-state index contributed by atoms with van der Waals surface area (Å²) in [7, 11) is -4.13. The summed E-state index contributed by atoms with van der Waals surface area (Å²) in [6.45, 7) is 2.71. The summed E-state index contributed by atoms with van der Waals surface area (Å²) in [5.74, 6) is -2.78. The molecule has 32 heavy (non-hydrogen) atoms. The molecule has 2 aromatic heterocycles. The van der Waals surface area contributed by atoms with Crippen LogP contribution in [0.4, 0.5) is 11.6 Å². The van der Waals surface area contributed by atoms with Crippen molar-refractivity contribution in [3.8, 4) is 0 Å². The van der Waals surface area contributed by atoms with Crippen molar-refractivity contribution < 1.29 is 37.5 Å². The zero-order valence-corrected chi connectivity index (χ0v) is 19.7. The number of nitrogens with zero attached hydrogens (tertiary/aromatic N) is 1. The summed E-state index contributed by atoms with van der Waals surface area (Å²) >= 11 is 4.10. The molecule has 0 radical (unpaired) electrons. The van der Waals surface area contributed by atoms with Crippen molar-refractivity contribution >= 4 is 66.7 Å². The third kappa shape index (κ3) is 6.38. The van der Waals surface area contributed by atoms with Crippen LogP contribution in [0.3, 0.4) is 0 Å². The topological polar surface area (TPSA) is 176 Å². The molecule has 11 nitrogen and oxygen atoms in total. The Kier molecular flexibility index (Phi) is 8.13. The molecule has 170 valence electrons. The van der Waals surface area contributed by atoms with E-state index in [0.717, 1.165) is 18.3 Å². The molecule has 0 aliphatic heterocycles. The van der Waals surface area contributed by atoms with Gasteiger partial charge in [-0.25, -0.2) is 17.9 Å². The molecule has 0 saturated heterocycles. The third-order valence-corrected chi connectivity index (χ3v) is 6.86. The van der Waals surface area contributed by atoms with Crippen LogP contribution in [0.15, 0.2) is 49.6 Å². The molecule has 0 fully saturated rings. The number of carbonyl (C=O) groups excluding carboxylic acids is 1. The van der Waals surface area contributed by atoms with E-state index in [1.54, 1.807) is 6.92 Å². The Bertz CT molecular complexity index is 1260. The highest BCUT2D eigenvalue weighted by Gasteiger charge is 2.27. The fourth-order valence-electron chi connectivity index (χ4n) is 2.19. The van der Waals surface area contributed by atoms with E-state index in [9.17, 15) is 18.0 Å². The molecule has 0 unspecified atom stereocenters. The fraction of sp³-hybridized carbons (Fsp3) is 0.111. The van der Waals surface area contributed by atoms with Gasteiger partial charge in [-0.2, -0.15) is 0 Å². The Morgan fingerprint density at radius 3 is 2.41 bits per heavy atom. The molecule has 1 aromatic carbocycles. The maximum Gasteiger partial charge on any atom is 0.335 e. The van der Waals surface area contributed by atoms with Gasteiger partial charge in [0.1, 0.15) is 14.2 Å². The second-order valence-corrected chi connectivity index (χ2v) is 9.35. The van der Waals surface area contributed by atoms with Crippen LogP contribution in [0, 0.1) is 6.92 Å². The van der Waals surface area contributed by atoms with Crippen LogP contribution in [0.25, 0.3) is 0 Å². The van der Waals surface area contributed by atoms with E-state index in [4.69, 9.17) is 19.5 Å². The average molecular weight is 546 g/mol. The van der Waals surface area contributed by atoms with Crippen LogP contribution >= 0.6 is 27.3 Å². The summed E-state index contributed by atoms with van der Waals surface area (Å²) in [6, 6.07) is 6.90. The van der Waals surface area contributed by atoms with Crippen LogP contribution in [-0.4, -0.2) is 41.6 Å². The molecule has 3 aromatic rings. The van der Waals surface area contributed by atoms with Crippen molar-refractivity contribution in [2.24, 2.45) is 0 Å². The van der Waals surface area contributed by atoms with Crippen molar-refractivity contribution in [3.63, 3.8) is 0 Å². The van der Waals surface area contributed by atoms with E-state index in [2.05, 4.69) is 31.1 Å². The number of amides is 1. The van der Waals surface area contributed by atoms with E-state index < -0.39 is 27.9 Å². The van der Waals surface area contributed by atoms with Gasteiger partial charge in [0.05, 0.1) is 11.3 Å². The van der Waals surface area contributed by atoms with Crippen LogP contribution in [0.2, 0.25) is 0 Å². The second-order valence-electron chi connectivity index (χ2n) is 5.99. The number of aryl methyl sites for hydroxylation is 1. The predicted octanol–water partition coefficient (Wildman–Crippen LogP) is 3.65. The number of hydrogen-bond acceptors (Lipinski definition) is 8. The molecule has 4 N–H and O–H groups in total. The molecular formula is C18H16BrN3O8S2. The first-order chi connectivity index (χ1) is 14.9. The second kappa shape index (κ2) is 10.4. The van der Waals surface area contributed by atoms with Crippen molar-refractivity contribution in [1.82, 2.24) is 5.16 Å². The number of carbonyl (C=O) groups is 3. The van der Waals surface area contributed by atoms with Crippen LogP contribution in [0.1, 0.15) is 32.6 Å². The molecule has 0 saturated carbocycles. The molecule has 3 rings (SSSR count). The molecular weight excluding hydrogens is 530 g/mol. The Morgan fingerprint density at radius 1 is 1.19 bits per heavy atom. The summed E-state index contributed by atoms with van der Waals surface area (Å²) in [5, 5.41) is 24.0. The molecule has 14 heteroatoms. The lowest BCUT2D eigenvalue weighted by Gasteiger charge is -2.08. The molecule has 1 amide bonds. The number of rotatable bonds is 6. The lowest BCUT2D eigenvalue weighted by atomic mass is 10.2. The van der Waals surface area contributed by atoms with Crippen molar-refractivity contribution in [2.75, 3.05) is 10.0 Å². The van der Waals surface area contributed by atoms with Gasteiger partial charge in [0.25, 0.3) is 27.8 Å². The van der Waals surface area contributed by atoms with Gasteiger partial charge in [-0.05, 0) is 52.5 Å². The monoisotopic (exact) mass is 545 g/mol. The van der Waals surface area contributed by atoms with Crippen molar-refractivity contribution in [1.29, 1.82) is 0 Å². The average Bonchev–Trinajstić information content (AvgIpc) is 3.31. The highest BCUT2D eigenvalue weighted by molar-refractivity contribution is 9.10. The summed E-state index contributed by atoms with van der Waals surface area (Å²) in [6.07, 6.45) is 0. The third-order valence-electron chi connectivity index (χ3n) is 3.51. The zero-order chi connectivity index (χ0) is 24.1. The van der Waals surface area contributed by atoms with E-state index in [0.29, 0.717) is 10.2 Å². The minimum Gasteiger partial charge on any atom is -0.481 e. The van der Waals surface area contributed by atoms with Crippen LogP contribution in [0.5, 0.6) is 0 Å². The smallest absolute Gasteiger partial charge is 0.335 e. The molecule has 0 aliphatic carbocycles. The van der Waals surface area contributed by atoms with Gasteiger partial charge in [-0.15, -0.1) is 11.3 Å². The summed E-state index contributed by atoms with van der Waals surface area (Å²) < 4.78 is 32.9. The summed E-state index contributed by atoms with van der Waals surface area (Å²) in [5.41, 5.74) is 0.673. The van der Waals surface area contributed by atoms with E-state index >= 15 is 0 Å². The number of sulfonamides is 1. The van der Waals surface area contributed by atoms with Crippen molar-refractivity contribution in [2.45, 2.75) is 18.7 Å². The first-order valence-corrected chi connectivity index (χ1v) is 11.6. The fourth-order valence-corrected chi connectivity index (χ4v) is 4.89. The van der Waals surface area contributed by atoms with Gasteiger partial charge in [-0.1, -0.05) is 11.2 Å². The maximum absolute atomic E-state index is 12.7. The quantitative estimate of drug-likeness (QED) is 0.360. The number of nitrogens with one attached hydrogen (secondary N) is 2. The molecule has 2 heterocycles. The maximum atomic E-state index is 12.7. The number of aliphatic carboxylic acids is 1. The Balaban J connectivity index is 0.000000837. The van der Waals surface area contributed by atoms with Crippen LogP contribution < -0.4 is 10.0 Å². The largest absolute Gasteiger partial charge is 0.481 e. The van der Waals surface area contributed by atoms with Gasteiger partial charge in [0.2, 0.25) is 0 Å². The van der Waals surface area contributed by atoms with Crippen molar-refractivity contribution in [3.05, 3.63) is 56.3 Å². The standard InChI is InChI=1S/C16H12BrN3O6S2.C2H4O2/c1-8-12(17)15(26-19-8)20-28(24,25)11-5-6-27-13(11)14(21)18-10-4-2-3-9(7-10)16(22)23;1-2(3)4/h2-7,20H,1H3,(H,18,21)(H,22,23);1H3,(H,3,4). The van der Waals surface area contributed by atoms with E-state index in [1.165, 1.54) is 35.7 Å². The Labute approximate surface area is 194 Å². The zero-order valence-electron chi connectivity index (χ0n) is 16.4. The number of thiophene rings is 1. The number of aromatic carboxylic acids is 1. The first kappa shape index (κ1) is 25.0. The van der Waals surface area contributed by atoms with Gasteiger partial charge in [-0.3, -0.25) is 9.59 Å². The predicted molar refractivity (Wildman–Crippen MR) is 119 cm³/mol. The van der Waals surface area contributed by atoms with Crippen LogP contribution in [-0.2, 0) is 14.8 Å². The van der Waals surface area contributed by atoms with Gasteiger partial charge >= 0.3 is 5.97 Å². The number of carboxylic acids is 2. The van der Waals surface area contributed by atoms with E-state index in [-0.39, 0.29) is 26.9 Å². The van der Waals surface area contributed by atoms with E-state index in [1.807, 2.05) is 0 Å². The number of aromatic nitrogens is 1. The minimum atomic E-state index is -4.13. The van der Waals surface area contributed by atoms with Gasteiger partial charge in [0, 0.05) is 12.6 Å². The lowest BCUT2D eigenvalue weighted by molar-refractivity contribution is -0.134. The normalized spacial score (nSPS) is 10.6. The summed E-state index contributed by atoms with van der Waals surface area (Å²) in [4.78, 5) is 32.3. The SMILES string of the molecule is CC(=O)O.Cc1noc(NS(=O)(=O)c2ccsc2C(=O)Nc2cccc(C(=O)O)c2)c1Br. The number of benzene rings is 1. The number of anilines is 2. The van der Waals surface area contributed by atoms with Gasteiger partial charge < -0.3 is 20.1 Å². The lowest BCUT2D eigenvalue weighted by Crippen LogP contribution is -2.18. The molecule has 0 aliphatic rings. The minimum absolute atomic E-state index is 0.0102. The number of carboxylic acid groups (broad SMARTS) is 2.